The van der Waals surface area contributed by atoms with Gasteiger partial charge in [-0.1, -0.05) is 22.0 Å². The quantitative estimate of drug-likeness (QED) is 0.754. The highest BCUT2D eigenvalue weighted by Crippen LogP contribution is 2.21. The van der Waals surface area contributed by atoms with E-state index in [1.807, 2.05) is 6.92 Å². The van der Waals surface area contributed by atoms with Crippen molar-refractivity contribution in [3.63, 3.8) is 0 Å². The Hall–Kier alpha value is -1.17. The van der Waals surface area contributed by atoms with Crippen LogP contribution in [0, 0.1) is 6.92 Å². The predicted octanol–water partition coefficient (Wildman–Crippen LogP) is 1.63. The number of alkyl halides is 1. The van der Waals surface area contributed by atoms with Gasteiger partial charge in [-0.2, -0.15) is 0 Å². The summed E-state index contributed by atoms with van der Waals surface area (Å²) in [5.74, 6) is 0. The van der Waals surface area contributed by atoms with Gasteiger partial charge in [0.1, 0.15) is 6.10 Å². The number of benzene rings is 1. The molecular formula is C13H14BrNO3. The van der Waals surface area contributed by atoms with Gasteiger partial charge in [0.15, 0.2) is 5.43 Å². The second kappa shape index (κ2) is 5.22. The topological polar surface area (TPSA) is 73.3 Å². The molecule has 1 aromatic carbocycles. The van der Waals surface area contributed by atoms with Gasteiger partial charge in [-0.3, -0.25) is 4.79 Å². The van der Waals surface area contributed by atoms with E-state index in [1.54, 1.807) is 18.2 Å². The number of fused-ring (bicyclic) bond motifs is 1. The number of nitrogens with one attached hydrogen (secondary N) is 1. The van der Waals surface area contributed by atoms with E-state index in [0.29, 0.717) is 10.9 Å². The lowest BCUT2D eigenvalue weighted by atomic mass is 10.0. The lowest BCUT2D eigenvalue weighted by Gasteiger charge is -2.16. The third-order valence-electron chi connectivity index (χ3n) is 2.85. The Morgan fingerprint density at radius 3 is 2.72 bits per heavy atom. The monoisotopic (exact) mass is 311 g/mol. The fourth-order valence-corrected chi connectivity index (χ4v) is 2.24. The second-order valence-electron chi connectivity index (χ2n) is 4.29. The maximum Gasteiger partial charge on any atom is 0.189 e. The Balaban J connectivity index is 2.54. The van der Waals surface area contributed by atoms with Crippen LogP contribution < -0.4 is 5.43 Å². The molecule has 2 unspecified atom stereocenters. The second-order valence-corrected chi connectivity index (χ2v) is 4.94. The molecule has 0 bridgehead atoms. The molecule has 1 heterocycles. The molecule has 0 saturated carbocycles. The first-order chi connectivity index (χ1) is 8.52. The van der Waals surface area contributed by atoms with E-state index in [-0.39, 0.29) is 10.8 Å². The highest BCUT2D eigenvalue weighted by Gasteiger charge is 2.17. The molecule has 0 amide bonds. The van der Waals surface area contributed by atoms with Crippen molar-refractivity contribution in [2.45, 2.75) is 19.1 Å². The number of aromatic nitrogens is 1. The van der Waals surface area contributed by atoms with E-state index in [9.17, 15) is 15.0 Å². The number of hydrogen-bond donors (Lipinski definition) is 3. The molecule has 0 spiro atoms. The SMILES string of the molecule is Cc1cc(=O)c2cc(C(O)C(O)CBr)ccc2[nH]1. The van der Waals surface area contributed by atoms with Crippen molar-refractivity contribution in [3.8, 4) is 0 Å². The van der Waals surface area contributed by atoms with E-state index in [1.165, 1.54) is 6.07 Å². The summed E-state index contributed by atoms with van der Waals surface area (Å²) >= 11 is 3.11. The highest BCUT2D eigenvalue weighted by molar-refractivity contribution is 9.09. The molecule has 18 heavy (non-hydrogen) atoms. The smallest absolute Gasteiger partial charge is 0.189 e. The standard InChI is InChI=1S/C13H14BrNO3/c1-7-4-11(16)9-5-8(2-3-10(9)15-7)13(18)12(17)6-14/h2-5,12-13,17-18H,6H2,1H3,(H,15,16). The normalized spacial score (nSPS) is 14.7. The van der Waals surface area contributed by atoms with Crippen molar-refractivity contribution in [1.82, 2.24) is 4.98 Å². The van der Waals surface area contributed by atoms with Crippen molar-refractivity contribution in [3.05, 3.63) is 45.7 Å². The predicted molar refractivity (Wildman–Crippen MR) is 74.1 cm³/mol. The summed E-state index contributed by atoms with van der Waals surface area (Å²) < 4.78 is 0. The lowest BCUT2D eigenvalue weighted by Crippen LogP contribution is -2.19. The summed E-state index contributed by atoms with van der Waals surface area (Å²) in [7, 11) is 0. The number of aryl methyl sites for hydroxylation is 1. The molecule has 96 valence electrons. The molecule has 2 rings (SSSR count). The maximum absolute atomic E-state index is 11.8. The largest absolute Gasteiger partial charge is 0.389 e. The zero-order chi connectivity index (χ0) is 13.3. The number of aliphatic hydroxyl groups excluding tert-OH is 2. The first-order valence-corrected chi connectivity index (χ1v) is 6.70. The Morgan fingerprint density at radius 2 is 2.06 bits per heavy atom. The molecule has 2 atom stereocenters. The van der Waals surface area contributed by atoms with Crippen molar-refractivity contribution >= 4 is 26.8 Å². The zero-order valence-electron chi connectivity index (χ0n) is 9.85. The summed E-state index contributed by atoms with van der Waals surface area (Å²) in [6, 6.07) is 6.57. The summed E-state index contributed by atoms with van der Waals surface area (Å²) in [4.78, 5) is 14.9. The van der Waals surface area contributed by atoms with E-state index < -0.39 is 12.2 Å². The lowest BCUT2D eigenvalue weighted by molar-refractivity contribution is 0.0343. The first-order valence-electron chi connectivity index (χ1n) is 5.58. The molecule has 3 N–H and O–H groups in total. The average molecular weight is 312 g/mol. The van der Waals surface area contributed by atoms with Gasteiger partial charge in [-0.05, 0) is 24.6 Å². The van der Waals surface area contributed by atoms with Crippen molar-refractivity contribution in [2.24, 2.45) is 0 Å². The first kappa shape index (κ1) is 13.3. The third kappa shape index (κ3) is 2.48. The van der Waals surface area contributed by atoms with Crippen LogP contribution in [0.15, 0.2) is 29.1 Å². The van der Waals surface area contributed by atoms with Crippen LogP contribution in [0.1, 0.15) is 17.4 Å². The van der Waals surface area contributed by atoms with Crippen LogP contribution in [0.4, 0.5) is 0 Å². The van der Waals surface area contributed by atoms with E-state index in [4.69, 9.17) is 0 Å². The Kier molecular flexibility index (Phi) is 3.85. The molecule has 0 aliphatic rings. The molecule has 0 radical (unpaired) electrons. The van der Waals surface area contributed by atoms with E-state index in [2.05, 4.69) is 20.9 Å². The molecule has 5 heteroatoms. The van der Waals surface area contributed by atoms with Crippen LogP contribution in [0.25, 0.3) is 10.9 Å². The van der Waals surface area contributed by atoms with E-state index in [0.717, 1.165) is 11.2 Å². The number of aliphatic hydroxyl groups is 2. The van der Waals surface area contributed by atoms with Gasteiger partial charge in [0.2, 0.25) is 0 Å². The Morgan fingerprint density at radius 1 is 1.33 bits per heavy atom. The van der Waals surface area contributed by atoms with Crippen molar-refractivity contribution in [2.75, 3.05) is 5.33 Å². The van der Waals surface area contributed by atoms with Crippen molar-refractivity contribution in [1.29, 1.82) is 0 Å². The molecule has 0 saturated heterocycles. The van der Waals surface area contributed by atoms with E-state index >= 15 is 0 Å². The number of aromatic amines is 1. The molecule has 2 aromatic rings. The minimum atomic E-state index is -1.01. The van der Waals surface area contributed by atoms with Gasteiger partial charge in [0.05, 0.1) is 6.10 Å². The van der Waals surface area contributed by atoms with Crippen molar-refractivity contribution < 1.29 is 10.2 Å². The zero-order valence-corrected chi connectivity index (χ0v) is 11.4. The number of H-pyrrole nitrogens is 1. The Bertz CT molecular complexity index is 623. The fourth-order valence-electron chi connectivity index (χ4n) is 1.89. The molecule has 0 aliphatic carbocycles. The summed E-state index contributed by atoms with van der Waals surface area (Å²) in [6.45, 7) is 1.82. The molecule has 0 fully saturated rings. The number of hydrogen-bond acceptors (Lipinski definition) is 3. The third-order valence-corrected chi connectivity index (χ3v) is 3.52. The summed E-state index contributed by atoms with van der Waals surface area (Å²) in [6.07, 6.45) is -1.90. The minimum Gasteiger partial charge on any atom is -0.389 e. The van der Waals surface area contributed by atoms with Crippen LogP contribution in [0.5, 0.6) is 0 Å². The van der Waals surface area contributed by atoms with Gasteiger partial charge in [-0.15, -0.1) is 0 Å². The minimum absolute atomic E-state index is 0.0939. The van der Waals surface area contributed by atoms with Gasteiger partial charge < -0.3 is 15.2 Å². The molecule has 0 aliphatic heterocycles. The van der Waals surface area contributed by atoms with Crippen LogP contribution in [-0.4, -0.2) is 26.6 Å². The van der Waals surface area contributed by atoms with Crippen LogP contribution in [0.3, 0.4) is 0 Å². The number of rotatable bonds is 3. The molecule has 1 aromatic heterocycles. The fraction of sp³-hybridized carbons (Fsp3) is 0.308. The average Bonchev–Trinajstić information content (AvgIpc) is 2.36. The van der Waals surface area contributed by atoms with Gasteiger partial charge in [0.25, 0.3) is 0 Å². The molecule has 4 nitrogen and oxygen atoms in total. The van der Waals surface area contributed by atoms with Gasteiger partial charge >= 0.3 is 0 Å². The van der Waals surface area contributed by atoms with Gasteiger partial charge in [0, 0.05) is 28.0 Å². The number of halogens is 1. The highest BCUT2D eigenvalue weighted by atomic mass is 79.9. The van der Waals surface area contributed by atoms with Crippen LogP contribution in [0.2, 0.25) is 0 Å². The summed E-state index contributed by atoms with van der Waals surface area (Å²) in [5, 5.41) is 20.3. The molecular weight excluding hydrogens is 298 g/mol. The Labute approximate surface area is 112 Å². The van der Waals surface area contributed by atoms with Crippen LogP contribution >= 0.6 is 15.9 Å². The maximum atomic E-state index is 11.8. The van der Waals surface area contributed by atoms with Gasteiger partial charge in [-0.25, -0.2) is 0 Å². The summed E-state index contributed by atoms with van der Waals surface area (Å²) in [5.41, 5.74) is 1.96. The number of pyridine rings is 1. The van der Waals surface area contributed by atoms with Crippen LogP contribution in [-0.2, 0) is 0 Å².